The van der Waals surface area contributed by atoms with E-state index in [2.05, 4.69) is 5.32 Å². The number of benzene rings is 2. The number of hydrogen-bond acceptors (Lipinski definition) is 4. The summed E-state index contributed by atoms with van der Waals surface area (Å²) in [4.78, 5) is 0.197. The van der Waals surface area contributed by atoms with Crippen molar-refractivity contribution in [3.05, 3.63) is 59.7 Å². The van der Waals surface area contributed by atoms with E-state index in [1.165, 1.54) is 0 Å². The summed E-state index contributed by atoms with van der Waals surface area (Å²) in [5.74, 6) is 0.852. The molecule has 2 aromatic rings. The maximum atomic E-state index is 11.5. The minimum absolute atomic E-state index is 0. The molecule has 0 aliphatic heterocycles. The third-order valence-corrected chi connectivity index (χ3v) is 4.49. The average Bonchev–Trinajstić information content (AvgIpc) is 2.52. The van der Waals surface area contributed by atoms with E-state index in [1.807, 2.05) is 36.4 Å². The van der Waals surface area contributed by atoms with Crippen molar-refractivity contribution in [1.29, 1.82) is 0 Å². The van der Waals surface area contributed by atoms with E-state index in [1.54, 1.807) is 19.1 Å². The van der Waals surface area contributed by atoms with Crippen LogP contribution in [-0.2, 0) is 16.4 Å². The number of hydrogen-bond donors (Lipinski definition) is 2. The lowest BCUT2D eigenvalue weighted by molar-refractivity contribution is 0.314. The molecule has 2 aromatic carbocycles. The number of nitrogens with two attached hydrogens (primary N) is 1. The van der Waals surface area contributed by atoms with Crippen molar-refractivity contribution in [1.82, 2.24) is 5.32 Å². The van der Waals surface area contributed by atoms with Crippen LogP contribution in [0, 0.1) is 6.92 Å². The molecule has 7 heteroatoms. The van der Waals surface area contributed by atoms with Gasteiger partial charge in [0, 0.05) is 6.54 Å². The van der Waals surface area contributed by atoms with Crippen LogP contribution < -0.4 is 15.2 Å². The lowest BCUT2D eigenvalue weighted by atomic mass is 10.1. The van der Waals surface area contributed by atoms with Gasteiger partial charge in [-0.1, -0.05) is 30.3 Å². The number of aryl methyl sites for hydroxylation is 1. The van der Waals surface area contributed by atoms with Gasteiger partial charge in [0.05, 0.1) is 4.90 Å². The molecule has 0 bridgehead atoms. The van der Waals surface area contributed by atoms with Crippen LogP contribution in [-0.4, -0.2) is 28.1 Å². The van der Waals surface area contributed by atoms with E-state index in [0.29, 0.717) is 12.2 Å². The minimum atomic E-state index is -3.67. The number of para-hydroxylation sites is 1. The topological polar surface area (TPSA) is 81.4 Å². The molecular formula is C17H23ClN2O3S. The van der Waals surface area contributed by atoms with Crippen LogP contribution in [0.2, 0.25) is 0 Å². The first-order chi connectivity index (χ1) is 11.0. The lowest BCUT2D eigenvalue weighted by Gasteiger charge is -2.09. The third-order valence-electron chi connectivity index (χ3n) is 3.44. The number of halogens is 1. The molecule has 0 saturated heterocycles. The summed E-state index contributed by atoms with van der Waals surface area (Å²) in [5.41, 5.74) is 1.61. The molecule has 0 atom stereocenters. The Kier molecular flexibility index (Phi) is 8.21. The highest BCUT2D eigenvalue weighted by molar-refractivity contribution is 7.89. The van der Waals surface area contributed by atoms with E-state index in [0.717, 1.165) is 30.8 Å². The monoisotopic (exact) mass is 370 g/mol. The van der Waals surface area contributed by atoms with Gasteiger partial charge in [-0.25, -0.2) is 13.6 Å². The van der Waals surface area contributed by atoms with Crippen LogP contribution in [0.4, 0.5) is 0 Å². The van der Waals surface area contributed by atoms with Gasteiger partial charge < -0.3 is 10.1 Å². The van der Waals surface area contributed by atoms with Crippen LogP contribution in [0.1, 0.15) is 11.1 Å². The number of primary sulfonamides is 1. The van der Waals surface area contributed by atoms with Gasteiger partial charge in [0.25, 0.3) is 0 Å². The standard InChI is InChI=1S/C17H22N2O3S.ClH/c1-14-7-8-15(13-17(14)23(18,20)21)9-10-19-11-12-22-16-5-3-2-4-6-16;/h2-8,13,19H,9-12H2,1H3,(H2,18,20,21);1H. The highest BCUT2D eigenvalue weighted by Crippen LogP contribution is 2.15. The van der Waals surface area contributed by atoms with Crippen LogP contribution in [0.5, 0.6) is 5.75 Å². The Bertz CT molecular complexity index is 737. The first-order valence-corrected chi connectivity index (χ1v) is 9.02. The van der Waals surface area contributed by atoms with Gasteiger partial charge in [-0.2, -0.15) is 0 Å². The molecule has 132 valence electrons. The van der Waals surface area contributed by atoms with Gasteiger partial charge in [0.15, 0.2) is 0 Å². The van der Waals surface area contributed by atoms with E-state index < -0.39 is 10.0 Å². The molecular weight excluding hydrogens is 348 g/mol. The predicted octanol–water partition coefficient (Wildman–Crippen LogP) is 2.28. The summed E-state index contributed by atoms with van der Waals surface area (Å²) in [6, 6.07) is 15.0. The molecule has 0 aliphatic rings. The van der Waals surface area contributed by atoms with Gasteiger partial charge in [-0.3, -0.25) is 0 Å². The molecule has 0 fully saturated rings. The lowest BCUT2D eigenvalue weighted by Crippen LogP contribution is -2.23. The Morgan fingerprint density at radius 1 is 1.08 bits per heavy atom. The Labute approximate surface area is 149 Å². The van der Waals surface area contributed by atoms with Crippen molar-refractivity contribution in [2.45, 2.75) is 18.2 Å². The minimum Gasteiger partial charge on any atom is -0.492 e. The molecule has 5 nitrogen and oxygen atoms in total. The maximum Gasteiger partial charge on any atom is 0.238 e. The highest BCUT2D eigenvalue weighted by Gasteiger charge is 2.11. The number of nitrogens with one attached hydrogen (secondary N) is 1. The molecule has 0 aromatic heterocycles. The first kappa shape index (κ1) is 20.4. The zero-order chi connectivity index (χ0) is 16.7. The SMILES string of the molecule is Cc1ccc(CCNCCOc2ccccc2)cc1S(N)(=O)=O.Cl. The van der Waals surface area contributed by atoms with Crippen LogP contribution in [0.3, 0.4) is 0 Å². The van der Waals surface area contributed by atoms with Crippen LogP contribution in [0.25, 0.3) is 0 Å². The van der Waals surface area contributed by atoms with E-state index in [-0.39, 0.29) is 17.3 Å². The van der Waals surface area contributed by atoms with Crippen LogP contribution >= 0.6 is 12.4 Å². The highest BCUT2D eigenvalue weighted by atomic mass is 35.5. The molecule has 0 amide bonds. The second kappa shape index (κ2) is 9.64. The molecule has 2 rings (SSSR count). The van der Waals surface area contributed by atoms with Crippen LogP contribution in [0.15, 0.2) is 53.4 Å². The summed E-state index contributed by atoms with van der Waals surface area (Å²) < 4.78 is 28.6. The van der Waals surface area contributed by atoms with Gasteiger partial charge in [-0.15, -0.1) is 12.4 Å². The van der Waals surface area contributed by atoms with Crippen molar-refractivity contribution in [2.24, 2.45) is 5.14 Å². The summed E-state index contributed by atoms with van der Waals surface area (Å²) in [6.07, 6.45) is 0.730. The predicted molar refractivity (Wildman–Crippen MR) is 98.3 cm³/mol. The van der Waals surface area contributed by atoms with E-state index in [4.69, 9.17) is 9.88 Å². The summed E-state index contributed by atoms with van der Waals surface area (Å²) in [7, 11) is -3.67. The smallest absolute Gasteiger partial charge is 0.238 e. The van der Waals surface area contributed by atoms with Crippen molar-refractivity contribution >= 4 is 22.4 Å². The number of ether oxygens (including phenoxy) is 1. The fraction of sp³-hybridized carbons (Fsp3) is 0.294. The van der Waals surface area contributed by atoms with Crippen molar-refractivity contribution in [3.8, 4) is 5.75 Å². The van der Waals surface area contributed by atoms with Gasteiger partial charge in [0.2, 0.25) is 10.0 Å². The molecule has 0 aliphatic carbocycles. The molecule has 3 N–H and O–H groups in total. The summed E-state index contributed by atoms with van der Waals surface area (Å²) >= 11 is 0. The molecule has 24 heavy (non-hydrogen) atoms. The average molecular weight is 371 g/mol. The normalized spacial score (nSPS) is 10.9. The van der Waals surface area contributed by atoms with Gasteiger partial charge >= 0.3 is 0 Å². The largest absolute Gasteiger partial charge is 0.492 e. The molecule has 0 saturated carbocycles. The Balaban J connectivity index is 0.00000288. The summed E-state index contributed by atoms with van der Waals surface area (Å²) in [6.45, 7) is 3.79. The van der Waals surface area contributed by atoms with E-state index in [9.17, 15) is 8.42 Å². The number of sulfonamides is 1. The zero-order valence-corrected chi connectivity index (χ0v) is 15.2. The zero-order valence-electron chi connectivity index (χ0n) is 13.6. The second-order valence-corrected chi connectivity index (χ2v) is 6.84. The maximum absolute atomic E-state index is 11.5. The molecule has 0 spiro atoms. The molecule has 0 radical (unpaired) electrons. The summed E-state index contributed by atoms with van der Waals surface area (Å²) in [5, 5.41) is 8.49. The fourth-order valence-corrected chi connectivity index (χ4v) is 3.05. The van der Waals surface area contributed by atoms with Crippen molar-refractivity contribution in [2.75, 3.05) is 19.7 Å². The third kappa shape index (κ3) is 6.49. The number of rotatable bonds is 8. The van der Waals surface area contributed by atoms with Gasteiger partial charge in [-0.05, 0) is 49.2 Å². The quantitative estimate of drug-likeness (QED) is 0.698. The van der Waals surface area contributed by atoms with Crippen molar-refractivity contribution in [3.63, 3.8) is 0 Å². The Hall–Kier alpha value is -1.60. The first-order valence-electron chi connectivity index (χ1n) is 7.48. The molecule has 0 unspecified atom stereocenters. The fourth-order valence-electron chi connectivity index (χ4n) is 2.22. The second-order valence-electron chi connectivity index (χ2n) is 5.31. The Morgan fingerprint density at radius 3 is 2.46 bits per heavy atom. The molecule has 0 heterocycles. The Morgan fingerprint density at radius 2 is 1.79 bits per heavy atom. The van der Waals surface area contributed by atoms with Gasteiger partial charge in [0.1, 0.15) is 12.4 Å². The van der Waals surface area contributed by atoms with Crippen molar-refractivity contribution < 1.29 is 13.2 Å². The van der Waals surface area contributed by atoms with E-state index >= 15 is 0 Å².